The van der Waals surface area contributed by atoms with Gasteiger partial charge in [-0.05, 0) is 37.0 Å². The average molecular weight is 326 g/mol. The molecule has 0 N–H and O–H groups in total. The summed E-state index contributed by atoms with van der Waals surface area (Å²) in [4.78, 5) is 16.8. The normalized spacial score (nSPS) is 25.7. The lowest BCUT2D eigenvalue weighted by Gasteiger charge is -2.30. The van der Waals surface area contributed by atoms with E-state index in [-0.39, 0.29) is 5.91 Å². The van der Waals surface area contributed by atoms with Crippen LogP contribution in [0, 0.1) is 11.8 Å². The molecule has 0 bridgehead atoms. The first-order valence-electron chi connectivity index (χ1n) is 8.48. The topological polar surface area (TPSA) is 67.2 Å². The number of likely N-dealkylation sites (tertiary alicyclic amines) is 1. The Morgan fingerprint density at radius 2 is 2.21 bits per heavy atom. The maximum Gasteiger partial charge on any atom is 0.244 e. The van der Waals surface area contributed by atoms with Crippen LogP contribution < -0.4 is 4.90 Å². The highest BCUT2D eigenvalue weighted by Crippen LogP contribution is 2.41. The number of aromatic nitrogens is 4. The van der Waals surface area contributed by atoms with Crippen molar-refractivity contribution in [3.05, 3.63) is 36.8 Å². The van der Waals surface area contributed by atoms with Gasteiger partial charge in [-0.15, -0.1) is 5.10 Å². The molecule has 1 saturated heterocycles. The highest BCUT2D eigenvalue weighted by atomic mass is 16.2. The number of hydrogen-bond donors (Lipinski definition) is 0. The van der Waals surface area contributed by atoms with Crippen molar-refractivity contribution in [1.29, 1.82) is 0 Å². The molecule has 2 fully saturated rings. The van der Waals surface area contributed by atoms with Gasteiger partial charge < -0.3 is 9.80 Å². The molecule has 4 rings (SSSR count). The summed E-state index contributed by atoms with van der Waals surface area (Å²) >= 11 is 0. The van der Waals surface area contributed by atoms with Crippen LogP contribution in [-0.2, 0) is 11.3 Å². The minimum Gasteiger partial charge on any atom is -0.355 e. The molecular weight excluding hydrogens is 304 g/mol. The number of carbonyl (C=O) groups excluding carboxylic acids is 1. The van der Waals surface area contributed by atoms with E-state index in [2.05, 4.69) is 27.2 Å². The van der Waals surface area contributed by atoms with E-state index < -0.39 is 0 Å². The van der Waals surface area contributed by atoms with Gasteiger partial charge in [0.25, 0.3) is 0 Å². The van der Waals surface area contributed by atoms with E-state index in [0.29, 0.717) is 24.4 Å². The lowest BCUT2D eigenvalue weighted by molar-refractivity contribution is -0.131. The zero-order valence-corrected chi connectivity index (χ0v) is 13.8. The summed E-state index contributed by atoms with van der Waals surface area (Å²) in [5, 5.41) is 12.3. The van der Waals surface area contributed by atoms with Crippen molar-refractivity contribution in [1.82, 2.24) is 24.9 Å². The summed E-state index contributed by atoms with van der Waals surface area (Å²) < 4.78 is 1.69. The Morgan fingerprint density at radius 3 is 2.96 bits per heavy atom. The van der Waals surface area contributed by atoms with Gasteiger partial charge in [-0.3, -0.25) is 9.48 Å². The molecular formula is C17H22N6O. The van der Waals surface area contributed by atoms with Crippen molar-refractivity contribution in [2.75, 3.05) is 25.0 Å². The fourth-order valence-corrected chi connectivity index (χ4v) is 4.21. The molecule has 1 amide bonds. The number of carbonyl (C=O) groups is 1. The van der Waals surface area contributed by atoms with Crippen LogP contribution in [0.3, 0.4) is 0 Å². The summed E-state index contributed by atoms with van der Waals surface area (Å²) in [6.07, 6.45) is 7.56. The SMILES string of the molecule is CN(c1cccnn1)[C@@H]1CC[C@@H]2CN(C(=O)Cn3cccn3)C[C@@H]21. The Labute approximate surface area is 141 Å². The summed E-state index contributed by atoms with van der Waals surface area (Å²) in [6, 6.07) is 6.18. The molecule has 2 aromatic rings. The third-order valence-corrected chi connectivity index (χ3v) is 5.45. The van der Waals surface area contributed by atoms with Crippen LogP contribution in [0.1, 0.15) is 12.8 Å². The molecule has 7 heteroatoms. The predicted molar refractivity (Wildman–Crippen MR) is 89.2 cm³/mol. The van der Waals surface area contributed by atoms with Gasteiger partial charge in [-0.2, -0.15) is 10.2 Å². The fraction of sp³-hybridized carbons (Fsp3) is 0.529. The average Bonchev–Trinajstić information content (AvgIpc) is 3.31. The molecule has 0 aromatic carbocycles. The maximum absolute atomic E-state index is 12.5. The quantitative estimate of drug-likeness (QED) is 0.840. The molecule has 2 aromatic heterocycles. The number of nitrogens with zero attached hydrogens (tertiary/aromatic N) is 6. The molecule has 1 saturated carbocycles. The summed E-state index contributed by atoms with van der Waals surface area (Å²) in [6.45, 7) is 2.03. The Hall–Kier alpha value is -2.44. The van der Waals surface area contributed by atoms with Crippen molar-refractivity contribution in [3.63, 3.8) is 0 Å². The second-order valence-corrected chi connectivity index (χ2v) is 6.76. The van der Waals surface area contributed by atoms with E-state index in [1.807, 2.05) is 29.3 Å². The van der Waals surface area contributed by atoms with Gasteiger partial charge in [0.05, 0.1) is 0 Å². The standard InChI is InChI=1S/C17H22N6O/c1-21(16-4-2-7-18-20-16)15-6-5-13-10-22(11-14(13)15)17(24)12-23-9-3-8-19-23/h2-4,7-9,13-15H,5-6,10-12H2,1H3/t13-,14+,15-/m1/s1. The number of amides is 1. The van der Waals surface area contributed by atoms with Gasteiger partial charge in [0.1, 0.15) is 6.54 Å². The van der Waals surface area contributed by atoms with Gasteiger partial charge in [0.2, 0.25) is 5.91 Å². The minimum atomic E-state index is 0.161. The molecule has 7 nitrogen and oxygen atoms in total. The molecule has 1 aliphatic heterocycles. The van der Waals surface area contributed by atoms with Crippen molar-refractivity contribution in [3.8, 4) is 0 Å². The van der Waals surface area contributed by atoms with E-state index in [1.165, 1.54) is 6.42 Å². The van der Waals surface area contributed by atoms with Crippen molar-refractivity contribution in [2.45, 2.75) is 25.4 Å². The van der Waals surface area contributed by atoms with Crippen molar-refractivity contribution in [2.24, 2.45) is 11.8 Å². The van der Waals surface area contributed by atoms with Crippen molar-refractivity contribution >= 4 is 11.7 Å². The number of rotatable bonds is 4. The Balaban J connectivity index is 1.42. The number of fused-ring (bicyclic) bond motifs is 1. The van der Waals surface area contributed by atoms with Gasteiger partial charge in [0.15, 0.2) is 5.82 Å². The first-order chi connectivity index (χ1) is 11.7. The Kier molecular flexibility index (Phi) is 3.92. The van der Waals surface area contributed by atoms with E-state index in [9.17, 15) is 4.79 Å². The molecule has 1 aliphatic carbocycles. The van der Waals surface area contributed by atoms with Crippen LogP contribution in [0.5, 0.6) is 0 Å². The van der Waals surface area contributed by atoms with Crippen LogP contribution >= 0.6 is 0 Å². The van der Waals surface area contributed by atoms with Gasteiger partial charge >= 0.3 is 0 Å². The summed E-state index contributed by atoms with van der Waals surface area (Å²) in [7, 11) is 2.09. The third-order valence-electron chi connectivity index (χ3n) is 5.45. The minimum absolute atomic E-state index is 0.161. The molecule has 24 heavy (non-hydrogen) atoms. The van der Waals surface area contributed by atoms with Crippen LogP contribution in [0.25, 0.3) is 0 Å². The fourth-order valence-electron chi connectivity index (χ4n) is 4.21. The molecule has 0 radical (unpaired) electrons. The zero-order valence-electron chi connectivity index (χ0n) is 13.8. The maximum atomic E-state index is 12.5. The number of hydrogen-bond acceptors (Lipinski definition) is 5. The van der Waals surface area contributed by atoms with E-state index in [1.54, 1.807) is 17.1 Å². The zero-order chi connectivity index (χ0) is 16.5. The lowest BCUT2D eigenvalue weighted by Crippen LogP contribution is -2.39. The molecule has 0 unspecified atom stereocenters. The van der Waals surface area contributed by atoms with Crippen LogP contribution in [0.2, 0.25) is 0 Å². The van der Waals surface area contributed by atoms with E-state index in [0.717, 1.165) is 25.3 Å². The first kappa shape index (κ1) is 15.1. The van der Waals surface area contributed by atoms with Gasteiger partial charge in [-0.1, -0.05) is 0 Å². The van der Waals surface area contributed by atoms with Gasteiger partial charge in [-0.25, -0.2) is 0 Å². The van der Waals surface area contributed by atoms with E-state index >= 15 is 0 Å². The molecule has 3 atom stereocenters. The van der Waals surface area contributed by atoms with E-state index in [4.69, 9.17) is 0 Å². The summed E-state index contributed by atoms with van der Waals surface area (Å²) in [5.74, 6) is 2.17. The lowest BCUT2D eigenvalue weighted by atomic mass is 9.97. The molecule has 0 spiro atoms. The molecule has 3 heterocycles. The monoisotopic (exact) mass is 326 g/mol. The predicted octanol–water partition coefficient (Wildman–Crippen LogP) is 1.05. The summed E-state index contributed by atoms with van der Waals surface area (Å²) in [5.41, 5.74) is 0. The number of anilines is 1. The smallest absolute Gasteiger partial charge is 0.244 e. The molecule has 2 aliphatic rings. The highest BCUT2D eigenvalue weighted by molar-refractivity contribution is 5.76. The molecule has 126 valence electrons. The Bertz CT molecular complexity index is 688. The van der Waals surface area contributed by atoms with Gasteiger partial charge in [0, 0.05) is 50.7 Å². The van der Waals surface area contributed by atoms with Crippen LogP contribution in [0.15, 0.2) is 36.8 Å². The largest absolute Gasteiger partial charge is 0.355 e. The van der Waals surface area contributed by atoms with Crippen LogP contribution in [-0.4, -0.2) is 57.0 Å². The Morgan fingerprint density at radius 1 is 1.29 bits per heavy atom. The second kappa shape index (κ2) is 6.22. The third kappa shape index (κ3) is 2.74. The second-order valence-electron chi connectivity index (χ2n) is 6.76. The van der Waals surface area contributed by atoms with Crippen molar-refractivity contribution < 1.29 is 4.79 Å². The van der Waals surface area contributed by atoms with Crippen LogP contribution in [0.4, 0.5) is 5.82 Å². The highest BCUT2D eigenvalue weighted by Gasteiger charge is 2.45. The first-order valence-corrected chi connectivity index (χ1v) is 8.48.